The fourth-order valence-corrected chi connectivity index (χ4v) is 1.72. The van der Waals surface area contributed by atoms with E-state index in [0.717, 1.165) is 24.3 Å². The van der Waals surface area contributed by atoms with E-state index >= 15 is 0 Å². The van der Waals surface area contributed by atoms with E-state index in [-0.39, 0.29) is 6.04 Å². The van der Waals surface area contributed by atoms with Gasteiger partial charge in [0.15, 0.2) is 11.5 Å². The van der Waals surface area contributed by atoms with Gasteiger partial charge in [-0.2, -0.15) is 0 Å². The topological polar surface area (TPSA) is 53.7 Å². The summed E-state index contributed by atoms with van der Waals surface area (Å²) in [6.07, 6.45) is 1.08. The average molecular weight is 281 g/mol. The molecule has 0 radical (unpaired) electrons. The largest absolute Gasteiger partial charge is 0.493 e. The van der Waals surface area contributed by atoms with Gasteiger partial charge in [0.1, 0.15) is 6.61 Å². The van der Waals surface area contributed by atoms with E-state index < -0.39 is 0 Å². The van der Waals surface area contributed by atoms with Crippen LogP contribution in [0.25, 0.3) is 0 Å². The molecule has 0 bridgehead atoms. The van der Waals surface area contributed by atoms with Crippen LogP contribution in [0.2, 0.25) is 0 Å². The van der Waals surface area contributed by atoms with Gasteiger partial charge in [-0.3, -0.25) is 0 Å². The number of methoxy groups -OCH3 is 1. The first-order valence-electron chi connectivity index (χ1n) is 7.18. The molecule has 0 unspecified atom stereocenters. The Hall–Kier alpha value is -1.26. The van der Waals surface area contributed by atoms with E-state index in [1.807, 2.05) is 25.1 Å². The monoisotopic (exact) mass is 281 g/mol. The molecule has 2 N–H and O–H groups in total. The highest BCUT2D eigenvalue weighted by molar-refractivity contribution is 5.43. The van der Waals surface area contributed by atoms with Gasteiger partial charge in [0, 0.05) is 12.6 Å². The van der Waals surface area contributed by atoms with Crippen molar-refractivity contribution in [2.45, 2.75) is 33.2 Å². The molecule has 0 aliphatic heterocycles. The summed E-state index contributed by atoms with van der Waals surface area (Å²) in [5, 5.41) is 0. The standard InChI is InChI=1S/C16H27NO3/c1-12(2)7-8-19-9-10-20-15-6-5-14(13(3)17)11-16(15)18-4/h5-6,11-13H,7-10,17H2,1-4H3/t13-/m0/s1. The molecule has 1 aromatic rings. The first-order chi connectivity index (χ1) is 9.54. The van der Waals surface area contributed by atoms with Crippen LogP contribution in [0, 0.1) is 5.92 Å². The van der Waals surface area contributed by atoms with Crippen molar-refractivity contribution in [3.63, 3.8) is 0 Å². The van der Waals surface area contributed by atoms with Crippen LogP contribution in [0.5, 0.6) is 11.5 Å². The Balaban J connectivity index is 2.40. The van der Waals surface area contributed by atoms with Crippen LogP contribution in [0.1, 0.15) is 38.8 Å². The Labute approximate surface area is 122 Å². The Kier molecular flexibility index (Phi) is 7.41. The van der Waals surface area contributed by atoms with Crippen LogP contribution in [-0.2, 0) is 4.74 Å². The number of hydrogen-bond donors (Lipinski definition) is 1. The zero-order valence-corrected chi connectivity index (χ0v) is 13.0. The molecule has 0 heterocycles. The van der Waals surface area contributed by atoms with E-state index in [1.165, 1.54) is 0 Å². The average Bonchev–Trinajstić information content (AvgIpc) is 2.42. The molecule has 0 saturated carbocycles. The van der Waals surface area contributed by atoms with Crippen LogP contribution in [0.15, 0.2) is 18.2 Å². The molecule has 4 heteroatoms. The van der Waals surface area contributed by atoms with Crippen LogP contribution in [0.3, 0.4) is 0 Å². The smallest absolute Gasteiger partial charge is 0.161 e. The van der Waals surface area contributed by atoms with Crippen molar-refractivity contribution in [2.75, 3.05) is 26.9 Å². The summed E-state index contributed by atoms with van der Waals surface area (Å²) in [7, 11) is 1.63. The second kappa shape index (κ2) is 8.82. The first-order valence-corrected chi connectivity index (χ1v) is 7.18. The Bertz CT molecular complexity index is 391. The maximum Gasteiger partial charge on any atom is 0.161 e. The summed E-state index contributed by atoms with van der Waals surface area (Å²) in [6.45, 7) is 8.20. The minimum absolute atomic E-state index is 0.0164. The van der Waals surface area contributed by atoms with Crippen molar-refractivity contribution < 1.29 is 14.2 Å². The van der Waals surface area contributed by atoms with Crippen molar-refractivity contribution in [1.82, 2.24) is 0 Å². The number of nitrogens with two attached hydrogens (primary N) is 1. The summed E-state index contributed by atoms with van der Waals surface area (Å²) in [6, 6.07) is 5.75. The summed E-state index contributed by atoms with van der Waals surface area (Å²) in [4.78, 5) is 0. The highest BCUT2D eigenvalue weighted by Crippen LogP contribution is 2.29. The normalized spacial score (nSPS) is 12.5. The Morgan fingerprint density at radius 1 is 1.05 bits per heavy atom. The van der Waals surface area contributed by atoms with Gasteiger partial charge in [0.25, 0.3) is 0 Å². The summed E-state index contributed by atoms with van der Waals surface area (Å²) >= 11 is 0. The van der Waals surface area contributed by atoms with E-state index in [9.17, 15) is 0 Å². The molecular formula is C16H27NO3. The Morgan fingerprint density at radius 2 is 1.80 bits per heavy atom. The SMILES string of the molecule is COc1cc([C@H](C)N)ccc1OCCOCCC(C)C. The van der Waals surface area contributed by atoms with Gasteiger partial charge in [-0.1, -0.05) is 19.9 Å². The lowest BCUT2D eigenvalue weighted by Crippen LogP contribution is -2.10. The zero-order chi connectivity index (χ0) is 15.0. The highest BCUT2D eigenvalue weighted by atomic mass is 16.5. The van der Waals surface area contributed by atoms with Gasteiger partial charge < -0.3 is 19.9 Å². The Morgan fingerprint density at radius 3 is 2.40 bits per heavy atom. The third kappa shape index (κ3) is 5.80. The molecule has 0 amide bonds. The fourth-order valence-electron chi connectivity index (χ4n) is 1.72. The molecule has 0 aliphatic rings. The molecule has 20 heavy (non-hydrogen) atoms. The van der Waals surface area contributed by atoms with Crippen molar-refractivity contribution in [3.05, 3.63) is 23.8 Å². The number of hydrogen-bond acceptors (Lipinski definition) is 4. The van der Waals surface area contributed by atoms with Gasteiger partial charge in [-0.25, -0.2) is 0 Å². The summed E-state index contributed by atoms with van der Waals surface area (Å²) in [5.41, 5.74) is 6.88. The molecule has 1 rings (SSSR count). The van der Waals surface area contributed by atoms with Crippen LogP contribution in [-0.4, -0.2) is 26.9 Å². The second-order valence-electron chi connectivity index (χ2n) is 5.34. The van der Waals surface area contributed by atoms with Crippen LogP contribution < -0.4 is 15.2 Å². The van der Waals surface area contributed by atoms with Gasteiger partial charge in [0.05, 0.1) is 13.7 Å². The third-order valence-corrected chi connectivity index (χ3v) is 3.04. The molecule has 4 nitrogen and oxygen atoms in total. The molecule has 0 spiro atoms. The van der Waals surface area contributed by atoms with Crippen molar-refractivity contribution in [1.29, 1.82) is 0 Å². The summed E-state index contributed by atoms with van der Waals surface area (Å²) in [5.74, 6) is 2.10. The van der Waals surface area contributed by atoms with Crippen LogP contribution >= 0.6 is 0 Å². The third-order valence-electron chi connectivity index (χ3n) is 3.04. The van der Waals surface area contributed by atoms with Gasteiger partial charge in [-0.15, -0.1) is 0 Å². The number of benzene rings is 1. The lowest BCUT2D eigenvalue weighted by Gasteiger charge is -2.14. The highest BCUT2D eigenvalue weighted by Gasteiger charge is 2.08. The minimum atomic E-state index is -0.0164. The van der Waals surface area contributed by atoms with E-state index in [0.29, 0.717) is 24.9 Å². The molecule has 0 fully saturated rings. The molecule has 114 valence electrons. The van der Waals surface area contributed by atoms with Gasteiger partial charge >= 0.3 is 0 Å². The second-order valence-corrected chi connectivity index (χ2v) is 5.34. The van der Waals surface area contributed by atoms with E-state index in [2.05, 4.69) is 13.8 Å². The van der Waals surface area contributed by atoms with Crippen LogP contribution in [0.4, 0.5) is 0 Å². The molecular weight excluding hydrogens is 254 g/mol. The van der Waals surface area contributed by atoms with E-state index in [4.69, 9.17) is 19.9 Å². The predicted octanol–water partition coefficient (Wildman–Crippen LogP) is 3.16. The zero-order valence-electron chi connectivity index (χ0n) is 13.0. The lowest BCUT2D eigenvalue weighted by atomic mass is 10.1. The van der Waals surface area contributed by atoms with E-state index in [1.54, 1.807) is 7.11 Å². The van der Waals surface area contributed by atoms with Crippen molar-refractivity contribution in [2.24, 2.45) is 11.7 Å². The minimum Gasteiger partial charge on any atom is -0.493 e. The molecule has 0 aliphatic carbocycles. The molecule has 1 aromatic carbocycles. The maximum absolute atomic E-state index is 5.85. The van der Waals surface area contributed by atoms with Crippen molar-refractivity contribution in [3.8, 4) is 11.5 Å². The van der Waals surface area contributed by atoms with Gasteiger partial charge in [0.2, 0.25) is 0 Å². The molecule has 0 aromatic heterocycles. The number of rotatable bonds is 9. The molecule has 0 saturated heterocycles. The van der Waals surface area contributed by atoms with Gasteiger partial charge in [-0.05, 0) is 37.0 Å². The molecule has 1 atom stereocenters. The number of ether oxygens (including phenoxy) is 3. The van der Waals surface area contributed by atoms with Crippen molar-refractivity contribution >= 4 is 0 Å². The fraction of sp³-hybridized carbons (Fsp3) is 0.625. The maximum atomic E-state index is 5.85. The quantitative estimate of drug-likeness (QED) is 0.706. The predicted molar refractivity (Wildman–Crippen MR) is 81.4 cm³/mol. The first kappa shape index (κ1) is 16.8. The lowest BCUT2D eigenvalue weighted by molar-refractivity contribution is 0.0916. The summed E-state index contributed by atoms with van der Waals surface area (Å²) < 4.78 is 16.5.